The van der Waals surface area contributed by atoms with E-state index < -0.39 is 0 Å². The molecule has 0 saturated carbocycles. The summed E-state index contributed by atoms with van der Waals surface area (Å²) in [6.45, 7) is 4.72. The Morgan fingerprint density at radius 3 is 2.70 bits per heavy atom. The zero-order valence-corrected chi connectivity index (χ0v) is 15.6. The maximum Gasteiger partial charge on any atom is 0.227 e. The largest absolute Gasteiger partial charge is 0.489 e. The maximum atomic E-state index is 12.3. The van der Waals surface area contributed by atoms with Gasteiger partial charge in [0.15, 0.2) is 0 Å². The monoisotopic (exact) mass is 384 g/mol. The first-order valence-electron chi connectivity index (χ1n) is 8.73. The van der Waals surface area contributed by atoms with E-state index in [0.29, 0.717) is 30.5 Å². The minimum atomic E-state index is -0.339. The SMILES string of the molecule is C=CCNC(=O)[C@@H]1CC(=O)N(c2ccc(OCc3ccccc3Cl)cc2)C1. The summed E-state index contributed by atoms with van der Waals surface area (Å²) in [7, 11) is 0. The molecule has 0 aromatic heterocycles. The number of nitrogens with zero attached hydrogens (tertiary/aromatic N) is 1. The lowest BCUT2D eigenvalue weighted by Crippen LogP contribution is -2.32. The van der Waals surface area contributed by atoms with Crippen molar-refractivity contribution in [1.82, 2.24) is 5.32 Å². The molecule has 1 saturated heterocycles. The van der Waals surface area contributed by atoms with Gasteiger partial charge in [-0.1, -0.05) is 35.9 Å². The number of benzene rings is 2. The summed E-state index contributed by atoms with van der Waals surface area (Å²) in [5.41, 5.74) is 1.66. The fraction of sp³-hybridized carbons (Fsp3) is 0.238. The molecule has 1 aliphatic heterocycles. The van der Waals surface area contributed by atoms with Crippen molar-refractivity contribution < 1.29 is 14.3 Å². The predicted molar refractivity (Wildman–Crippen MR) is 106 cm³/mol. The number of halogens is 1. The van der Waals surface area contributed by atoms with Gasteiger partial charge in [0, 0.05) is 35.8 Å². The standard InChI is InChI=1S/C21H21ClN2O3/c1-2-11-23-21(26)16-12-20(25)24(13-16)17-7-9-18(10-8-17)27-14-15-5-3-4-6-19(15)22/h2-10,16H,1,11-14H2,(H,23,26)/t16-/m1/s1. The normalized spacial score (nSPS) is 16.3. The first-order valence-corrected chi connectivity index (χ1v) is 9.11. The van der Waals surface area contributed by atoms with Crippen LogP contribution in [0.2, 0.25) is 5.02 Å². The molecule has 2 aromatic rings. The molecule has 1 atom stereocenters. The molecule has 27 heavy (non-hydrogen) atoms. The van der Waals surface area contributed by atoms with Crippen LogP contribution in [-0.2, 0) is 16.2 Å². The Kier molecular flexibility index (Phi) is 6.14. The molecule has 0 unspecified atom stereocenters. The van der Waals surface area contributed by atoms with Crippen LogP contribution in [0.4, 0.5) is 5.69 Å². The Hall–Kier alpha value is -2.79. The van der Waals surface area contributed by atoms with Gasteiger partial charge in [0.25, 0.3) is 0 Å². The van der Waals surface area contributed by atoms with Gasteiger partial charge in [-0.3, -0.25) is 9.59 Å². The summed E-state index contributed by atoms with van der Waals surface area (Å²) in [5, 5.41) is 3.41. The van der Waals surface area contributed by atoms with Crippen molar-refractivity contribution in [3.63, 3.8) is 0 Å². The zero-order chi connectivity index (χ0) is 19.2. The fourth-order valence-electron chi connectivity index (χ4n) is 2.95. The van der Waals surface area contributed by atoms with Crippen molar-refractivity contribution >= 4 is 29.1 Å². The lowest BCUT2D eigenvalue weighted by molar-refractivity contribution is -0.126. The number of anilines is 1. The topological polar surface area (TPSA) is 58.6 Å². The molecule has 0 spiro atoms. The lowest BCUT2D eigenvalue weighted by atomic mass is 10.1. The quantitative estimate of drug-likeness (QED) is 0.742. The van der Waals surface area contributed by atoms with Gasteiger partial charge < -0.3 is 15.0 Å². The molecular weight excluding hydrogens is 364 g/mol. The number of ether oxygens (including phenoxy) is 1. The highest BCUT2D eigenvalue weighted by molar-refractivity contribution is 6.31. The molecule has 0 bridgehead atoms. The highest BCUT2D eigenvalue weighted by atomic mass is 35.5. The minimum Gasteiger partial charge on any atom is -0.489 e. The molecule has 140 valence electrons. The van der Waals surface area contributed by atoms with Crippen molar-refractivity contribution in [2.24, 2.45) is 5.92 Å². The van der Waals surface area contributed by atoms with E-state index >= 15 is 0 Å². The van der Waals surface area contributed by atoms with Crippen LogP contribution in [-0.4, -0.2) is 24.9 Å². The van der Waals surface area contributed by atoms with Crippen LogP contribution in [0.25, 0.3) is 0 Å². The average Bonchev–Trinajstić information content (AvgIpc) is 3.07. The van der Waals surface area contributed by atoms with Gasteiger partial charge in [0.2, 0.25) is 11.8 Å². The Labute approximate surface area is 163 Å². The second kappa shape index (κ2) is 8.73. The Morgan fingerprint density at radius 1 is 1.26 bits per heavy atom. The summed E-state index contributed by atoms with van der Waals surface area (Å²) < 4.78 is 5.76. The predicted octanol–water partition coefficient (Wildman–Crippen LogP) is 3.57. The fourth-order valence-corrected chi connectivity index (χ4v) is 3.14. The van der Waals surface area contributed by atoms with Crippen LogP contribution < -0.4 is 15.0 Å². The summed E-state index contributed by atoms with van der Waals surface area (Å²) in [6.07, 6.45) is 1.83. The number of nitrogens with one attached hydrogen (secondary N) is 1. The third-order valence-corrected chi connectivity index (χ3v) is 4.79. The second-order valence-electron chi connectivity index (χ2n) is 6.31. The van der Waals surface area contributed by atoms with Crippen LogP contribution in [0.5, 0.6) is 5.75 Å². The number of carbonyl (C=O) groups excluding carboxylic acids is 2. The molecule has 1 aliphatic rings. The molecular formula is C21H21ClN2O3. The molecule has 6 heteroatoms. The van der Waals surface area contributed by atoms with Crippen molar-refractivity contribution in [2.45, 2.75) is 13.0 Å². The third-order valence-electron chi connectivity index (χ3n) is 4.42. The number of hydrogen-bond donors (Lipinski definition) is 1. The summed E-state index contributed by atoms with van der Waals surface area (Å²) in [4.78, 5) is 26.0. The van der Waals surface area contributed by atoms with Crippen LogP contribution in [0.3, 0.4) is 0 Å². The first kappa shape index (κ1) is 19.0. The third kappa shape index (κ3) is 4.68. The molecule has 2 aromatic carbocycles. The molecule has 0 aliphatic carbocycles. The van der Waals surface area contributed by atoms with Gasteiger partial charge in [-0.15, -0.1) is 6.58 Å². The van der Waals surface area contributed by atoms with Gasteiger partial charge in [-0.05, 0) is 30.3 Å². The van der Waals surface area contributed by atoms with Crippen molar-refractivity contribution in [3.05, 3.63) is 71.8 Å². The van der Waals surface area contributed by atoms with E-state index in [1.165, 1.54) is 0 Å². The van der Waals surface area contributed by atoms with Crippen LogP contribution >= 0.6 is 11.6 Å². The van der Waals surface area contributed by atoms with Gasteiger partial charge in [-0.2, -0.15) is 0 Å². The van der Waals surface area contributed by atoms with Crippen molar-refractivity contribution in [1.29, 1.82) is 0 Å². The van der Waals surface area contributed by atoms with Crippen LogP contribution in [0, 0.1) is 5.92 Å². The smallest absolute Gasteiger partial charge is 0.227 e. The van der Waals surface area contributed by atoms with E-state index in [1.54, 1.807) is 11.0 Å². The molecule has 3 rings (SSSR count). The van der Waals surface area contributed by atoms with Crippen molar-refractivity contribution in [3.8, 4) is 5.75 Å². The van der Waals surface area contributed by atoms with E-state index in [2.05, 4.69) is 11.9 Å². The summed E-state index contributed by atoms with van der Waals surface area (Å²) in [5.74, 6) is 0.170. The molecule has 1 N–H and O–H groups in total. The molecule has 2 amide bonds. The molecule has 1 heterocycles. The Morgan fingerprint density at radius 2 is 2.00 bits per heavy atom. The second-order valence-corrected chi connectivity index (χ2v) is 6.72. The van der Waals surface area contributed by atoms with Crippen molar-refractivity contribution in [2.75, 3.05) is 18.0 Å². The van der Waals surface area contributed by atoms with E-state index in [0.717, 1.165) is 11.3 Å². The molecule has 1 fully saturated rings. The summed E-state index contributed by atoms with van der Waals surface area (Å²) >= 11 is 6.13. The summed E-state index contributed by atoms with van der Waals surface area (Å²) in [6, 6.07) is 14.8. The molecule has 0 radical (unpaired) electrons. The number of rotatable bonds is 7. The van der Waals surface area contributed by atoms with Gasteiger partial charge in [0.05, 0.1) is 5.92 Å². The van der Waals surface area contributed by atoms with E-state index in [1.807, 2.05) is 48.5 Å². The number of amides is 2. The maximum absolute atomic E-state index is 12.3. The van der Waals surface area contributed by atoms with Crippen LogP contribution in [0.15, 0.2) is 61.2 Å². The number of carbonyl (C=O) groups is 2. The first-order chi connectivity index (χ1) is 13.1. The average molecular weight is 385 g/mol. The highest BCUT2D eigenvalue weighted by Crippen LogP contribution is 2.27. The van der Waals surface area contributed by atoms with E-state index in [9.17, 15) is 9.59 Å². The van der Waals surface area contributed by atoms with Crippen LogP contribution in [0.1, 0.15) is 12.0 Å². The van der Waals surface area contributed by atoms with E-state index in [-0.39, 0.29) is 24.2 Å². The van der Waals surface area contributed by atoms with Gasteiger partial charge in [-0.25, -0.2) is 0 Å². The van der Waals surface area contributed by atoms with Gasteiger partial charge in [0.1, 0.15) is 12.4 Å². The highest BCUT2D eigenvalue weighted by Gasteiger charge is 2.34. The van der Waals surface area contributed by atoms with Gasteiger partial charge >= 0.3 is 0 Å². The number of hydrogen-bond acceptors (Lipinski definition) is 3. The lowest BCUT2D eigenvalue weighted by Gasteiger charge is -2.17. The zero-order valence-electron chi connectivity index (χ0n) is 14.9. The Bertz CT molecular complexity index is 836. The Balaban J connectivity index is 1.60. The van der Waals surface area contributed by atoms with E-state index in [4.69, 9.17) is 16.3 Å². The molecule has 5 nitrogen and oxygen atoms in total. The minimum absolute atomic E-state index is 0.0570.